The summed E-state index contributed by atoms with van der Waals surface area (Å²) in [4.78, 5) is 13.3. The summed E-state index contributed by atoms with van der Waals surface area (Å²) in [6.07, 6.45) is -4.25. The molecule has 1 unspecified atom stereocenters. The smallest absolute Gasteiger partial charge is 0.471 e. The van der Waals surface area contributed by atoms with E-state index in [1.165, 1.54) is 31.4 Å². The Hall–Kier alpha value is -2.34. The topological polar surface area (TPSA) is 84.9 Å². The Morgan fingerprint density at radius 3 is 2.53 bits per heavy atom. The minimum absolute atomic E-state index is 0.0349. The highest BCUT2D eigenvalue weighted by molar-refractivity contribution is 7.89. The van der Waals surface area contributed by atoms with Crippen LogP contribution in [0.4, 0.5) is 13.2 Å². The summed E-state index contributed by atoms with van der Waals surface area (Å²) < 4.78 is 78.9. The molecule has 0 spiro atoms. The number of carbonyl (C=O) groups is 1. The van der Waals surface area contributed by atoms with Gasteiger partial charge in [0, 0.05) is 36.8 Å². The molecule has 0 fully saturated rings. The van der Waals surface area contributed by atoms with Crippen LogP contribution < -0.4 is 9.46 Å². The molecule has 1 atom stereocenters. The zero-order valence-electron chi connectivity index (χ0n) is 19.9. The van der Waals surface area contributed by atoms with Crippen molar-refractivity contribution in [3.63, 3.8) is 0 Å². The molecule has 0 aliphatic heterocycles. The van der Waals surface area contributed by atoms with Crippen LogP contribution in [0.15, 0.2) is 41.3 Å². The number of alkyl halides is 3. The normalized spacial score (nSPS) is 15.6. The zero-order valence-corrected chi connectivity index (χ0v) is 21.5. The van der Waals surface area contributed by atoms with E-state index < -0.39 is 28.1 Å². The molecule has 0 heterocycles. The number of carbonyl (C=O) groups excluding carboxylic acids is 1. The number of fused-ring (bicyclic) bond motifs is 1. The number of ether oxygens (including phenoxy) is 2. The standard InChI is InChI=1S/C24H28ClF3N2O5S/c1-3-8-29-36(32,33)21-6-4-16-12-20(13-17(16)14-21)30(23(31)24(26,27)28)15-18-11-19(25)5-7-22(18)35-10-9-34-2/h4-7,11,14,20,29H,3,8-10,12-13,15H2,1-2H3. The van der Waals surface area contributed by atoms with Gasteiger partial charge in [0.05, 0.1) is 11.5 Å². The van der Waals surface area contributed by atoms with E-state index in [-0.39, 0.29) is 49.1 Å². The third-order valence-electron chi connectivity index (χ3n) is 5.79. The highest BCUT2D eigenvalue weighted by Gasteiger charge is 2.46. The van der Waals surface area contributed by atoms with Crippen LogP contribution in [0, 0.1) is 0 Å². The lowest BCUT2D eigenvalue weighted by Crippen LogP contribution is -2.47. The number of halogens is 4. The monoisotopic (exact) mass is 548 g/mol. The second-order valence-electron chi connectivity index (χ2n) is 8.41. The lowest BCUT2D eigenvalue weighted by Gasteiger charge is -2.30. The van der Waals surface area contributed by atoms with E-state index in [0.29, 0.717) is 28.9 Å². The molecular formula is C24H28ClF3N2O5S. The quantitative estimate of drug-likeness (QED) is 0.427. The molecule has 1 amide bonds. The van der Waals surface area contributed by atoms with Gasteiger partial charge in [-0.3, -0.25) is 4.79 Å². The predicted octanol–water partition coefficient (Wildman–Crippen LogP) is 4.11. The molecular weight excluding hydrogens is 521 g/mol. The van der Waals surface area contributed by atoms with Gasteiger partial charge >= 0.3 is 12.1 Å². The van der Waals surface area contributed by atoms with Crippen LogP contribution in [0.25, 0.3) is 0 Å². The van der Waals surface area contributed by atoms with Crippen molar-refractivity contribution in [2.75, 3.05) is 26.9 Å². The van der Waals surface area contributed by atoms with Crippen LogP contribution in [0.3, 0.4) is 0 Å². The molecule has 0 radical (unpaired) electrons. The summed E-state index contributed by atoms with van der Waals surface area (Å²) in [6.45, 7) is 2.14. The van der Waals surface area contributed by atoms with Gasteiger partial charge in [-0.25, -0.2) is 13.1 Å². The van der Waals surface area contributed by atoms with Gasteiger partial charge in [-0.15, -0.1) is 0 Å². The van der Waals surface area contributed by atoms with Gasteiger partial charge < -0.3 is 14.4 Å². The molecule has 198 valence electrons. The number of hydrogen-bond acceptors (Lipinski definition) is 5. The van der Waals surface area contributed by atoms with E-state index in [2.05, 4.69) is 4.72 Å². The second-order valence-corrected chi connectivity index (χ2v) is 10.6. The average molecular weight is 549 g/mol. The van der Waals surface area contributed by atoms with Crippen molar-refractivity contribution in [2.24, 2.45) is 0 Å². The zero-order chi connectivity index (χ0) is 26.5. The third kappa shape index (κ3) is 6.90. The first-order valence-corrected chi connectivity index (χ1v) is 13.2. The molecule has 12 heteroatoms. The van der Waals surface area contributed by atoms with Crippen LogP contribution in [0.5, 0.6) is 5.75 Å². The van der Waals surface area contributed by atoms with Crippen molar-refractivity contribution in [3.05, 3.63) is 58.1 Å². The lowest BCUT2D eigenvalue weighted by molar-refractivity contribution is -0.188. The Morgan fingerprint density at radius 2 is 1.86 bits per heavy atom. The first-order chi connectivity index (χ1) is 17.0. The number of sulfonamides is 1. The number of nitrogens with zero attached hydrogens (tertiary/aromatic N) is 1. The van der Waals surface area contributed by atoms with E-state index in [1.807, 2.05) is 6.92 Å². The van der Waals surface area contributed by atoms with Gasteiger partial charge in [-0.05, 0) is 60.7 Å². The number of methoxy groups -OCH3 is 1. The summed E-state index contributed by atoms with van der Waals surface area (Å²) >= 11 is 6.09. The number of amides is 1. The van der Waals surface area contributed by atoms with Crippen molar-refractivity contribution < 1.29 is 35.9 Å². The number of rotatable bonds is 11. The van der Waals surface area contributed by atoms with Gasteiger partial charge in [0.2, 0.25) is 10.0 Å². The Morgan fingerprint density at radius 1 is 1.14 bits per heavy atom. The largest absolute Gasteiger partial charge is 0.491 e. The van der Waals surface area contributed by atoms with Crippen molar-refractivity contribution in [2.45, 2.75) is 49.8 Å². The van der Waals surface area contributed by atoms with E-state index in [1.54, 1.807) is 12.1 Å². The first-order valence-electron chi connectivity index (χ1n) is 11.4. The maximum Gasteiger partial charge on any atom is 0.471 e. The molecule has 1 N–H and O–H groups in total. The van der Waals surface area contributed by atoms with Crippen molar-refractivity contribution in [1.29, 1.82) is 0 Å². The maximum absolute atomic E-state index is 13.6. The van der Waals surface area contributed by atoms with Crippen LogP contribution in [-0.2, 0) is 38.9 Å². The minimum atomic E-state index is -5.09. The highest BCUT2D eigenvalue weighted by atomic mass is 35.5. The number of nitrogens with one attached hydrogen (secondary N) is 1. The molecule has 36 heavy (non-hydrogen) atoms. The number of benzene rings is 2. The Balaban J connectivity index is 1.90. The summed E-state index contributed by atoms with van der Waals surface area (Å²) in [5.74, 6) is -1.69. The van der Waals surface area contributed by atoms with E-state index in [0.717, 1.165) is 4.90 Å². The molecule has 2 aromatic rings. The molecule has 1 aliphatic rings. The van der Waals surface area contributed by atoms with Crippen LogP contribution in [-0.4, -0.2) is 58.3 Å². The lowest BCUT2D eigenvalue weighted by atomic mass is 10.1. The van der Waals surface area contributed by atoms with Gasteiger partial charge in [0.15, 0.2) is 0 Å². The Bertz CT molecular complexity index is 1190. The second kappa shape index (κ2) is 11.8. The fraction of sp³-hybridized carbons (Fsp3) is 0.458. The van der Waals surface area contributed by atoms with Crippen molar-refractivity contribution in [3.8, 4) is 5.75 Å². The average Bonchev–Trinajstić information content (AvgIpc) is 3.24. The molecule has 2 aromatic carbocycles. The molecule has 0 saturated carbocycles. The van der Waals surface area contributed by atoms with Crippen LogP contribution in [0.2, 0.25) is 5.02 Å². The van der Waals surface area contributed by atoms with E-state index >= 15 is 0 Å². The van der Waals surface area contributed by atoms with E-state index in [9.17, 15) is 26.4 Å². The Kier molecular flexibility index (Phi) is 9.26. The minimum Gasteiger partial charge on any atom is -0.491 e. The highest BCUT2D eigenvalue weighted by Crippen LogP contribution is 2.33. The molecule has 1 aliphatic carbocycles. The SMILES string of the molecule is CCCNS(=O)(=O)c1ccc2c(c1)CC(N(Cc1cc(Cl)ccc1OCCOC)C(=O)C(F)(F)F)C2. The molecule has 0 aromatic heterocycles. The summed E-state index contributed by atoms with van der Waals surface area (Å²) in [7, 11) is -2.25. The summed E-state index contributed by atoms with van der Waals surface area (Å²) in [5, 5.41) is 0.285. The van der Waals surface area contributed by atoms with Crippen molar-refractivity contribution >= 4 is 27.5 Å². The maximum atomic E-state index is 13.6. The molecule has 0 bridgehead atoms. The summed E-state index contributed by atoms with van der Waals surface area (Å²) in [5.41, 5.74) is 1.60. The van der Waals surface area contributed by atoms with Gasteiger partial charge in [0.1, 0.15) is 12.4 Å². The fourth-order valence-corrected chi connectivity index (χ4v) is 5.42. The van der Waals surface area contributed by atoms with Crippen LogP contribution >= 0.6 is 11.6 Å². The fourth-order valence-electron chi connectivity index (χ4n) is 4.04. The molecule has 0 saturated heterocycles. The number of hydrogen-bond donors (Lipinski definition) is 1. The molecule has 3 rings (SSSR count). The predicted molar refractivity (Wildman–Crippen MR) is 129 cm³/mol. The third-order valence-corrected chi connectivity index (χ3v) is 7.49. The Labute approximate surface area is 213 Å². The first kappa shape index (κ1) is 28.2. The van der Waals surface area contributed by atoms with Gasteiger partial charge in [-0.1, -0.05) is 24.6 Å². The van der Waals surface area contributed by atoms with Gasteiger partial charge in [-0.2, -0.15) is 13.2 Å². The van der Waals surface area contributed by atoms with Crippen LogP contribution in [0.1, 0.15) is 30.0 Å². The summed E-state index contributed by atoms with van der Waals surface area (Å²) in [6, 6.07) is 8.19. The van der Waals surface area contributed by atoms with Crippen molar-refractivity contribution in [1.82, 2.24) is 9.62 Å². The van der Waals surface area contributed by atoms with Gasteiger partial charge in [0.25, 0.3) is 0 Å². The van der Waals surface area contributed by atoms with E-state index in [4.69, 9.17) is 21.1 Å². The molecule has 7 nitrogen and oxygen atoms in total.